The van der Waals surface area contributed by atoms with Gasteiger partial charge in [0.05, 0.1) is 0 Å². The summed E-state index contributed by atoms with van der Waals surface area (Å²) in [7, 11) is -3.83. The second-order valence-electron chi connectivity index (χ2n) is 8.06. The van der Waals surface area contributed by atoms with E-state index in [0.29, 0.717) is 0 Å². The Morgan fingerprint density at radius 2 is 1.73 bits per heavy atom. The molecule has 0 radical (unpaired) electrons. The van der Waals surface area contributed by atoms with Gasteiger partial charge in [0.15, 0.2) is 14.9 Å². The molecule has 10 heteroatoms. The molecule has 0 fully saturated rings. The third-order valence-electron chi connectivity index (χ3n) is 5.66. The fraction of sp³-hybridized carbons (Fsp3) is 0.450. The summed E-state index contributed by atoms with van der Waals surface area (Å²) in [5.41, 5.74) is 5.35. The van der Waals surface area contributed by atoms with Crippen LogP contribution >= 0.6 is 0 Å². The molecule has 9 nitrogen and oxygen atoms in total. The van der Waals surface area contributed by atoms with Crippen LogP contribution in [-0.2, 0) is 35.6 Å². The predicted octanol–water partition coefficient (Wildman–Crippen LogP) is 3.28. The van der Waals surface area contributed by atoms with Gasteiger partial charge in [-0.25, -0.2) is 23.3 Å². The van der Waals surface area contributed by atoms with E-state index in [-0.39, 0.29) is 16.8 Å². The van der Waals surface area contributed by atoms with E-state index in [1.165, 1.54) is 15.8 Å². The molecule has 2 amide bonds. The minimum Gasteiger partial charge on any atom is -0.477 e. The zero-order chi connectivity index (χ0) is 21.6. The maximum Gasteiger partial charge on any atom is 0.354 e. The Bertz CT molecular complexity index is 1120. The van der Waals surface area contributed by atoms with Crippen LogP contribution in [0.15, 0.2) is 17.2 Å². The molecule has 2 aliphatic rings. The minimum absolute atomic E-state index is 0.180. The van der Waals surface area contributed by atoms with Crippen molar-refractivity contribution in [2.24, 2.45) is 0 Å². The first-order chi connectivity index (χ1) is 14.2. The summed E-state index contributed by atoms with van der Waals surface area (Å²) in [6.45, 7) is 3.46. The smallest absolute Gasteiger partial charge is 0.354 e. The molecule has 2 aliphatic carbocycles. The van der Waals surface area contributed by atoms with Gasteiger partial charge in [0.2, 0.25) is 0 Å². The molecule has 30 heavy (non-hydrogen) atoms. The fourth-order valence-electron chi connectivity index (χ4n) is 4.35. The number of amides is 2. The Balaban J connectivity index is 1.60. The van der Waals surface area contributed by atoms with E-state index in [4.69, 9.17) is 4.78 Å². The van der Waals surface area contributed by atoms with E-state index in [9.17, 15) is 18.9 Å². The molecule has 1 aromatic carbocycles. The molecule has 0 saturated heterocycles. The highest BCUT2D eigenvalue weighted by Crippen LogP contribution is 2.38. The Hall–Kier alpha value is -2.88. The number of carbonyl (C=O) groups is 2. The van der Waals surface area contributed by atoms with Crippen LogP contribution in [0.3, 0.4) is 0 Å². The second-order valence-corrected chi connectivity index (χ2v) is 9.79. The molecule has 1 heterocycles. The number of hydrogen-bond donors (Lipinski definition) is 4. The van der Waals surface area contributed by atoms with Gasteiger partial charge < -0.3 is 10.4 Å². The number of anilines is 1. The van der Waals surface area contributed by atoms with Crippen LogP contribution < -0.4 is 10.0 Å². The zero-order valence-electron chi connectivity index (χ0n) is 16.9. The molecule has 4 rings (SSSR count). The first-order valence-electron chi connectivity index (χ1n) is 10.0. The maximum absolute atomic E-state index is 12.9. The normalized spacial score (nSPS) is 16.8. The lowest BCUT2D eigenvalue weighted by molar-refractivity contribution is 0.0681. The molecule has 1 aromatic heterocycles. The lowest BCUT2D eigenvalue weighted by Crippen LogP contribution is -2.34. The Kier molecular flexibility index (Phi) is 5.05. The van der Waals surface area contributed by atoms with Crippen molar-refractivity contribution in [3.8, 4) is 0 Å². The van der Waals surface area contributed by atoms with Crippen molar-refractivity contribution < 1.29 is 18.9 Å². The molecule has 1 atom stereocenters. The molecule has 1 unspecified atom stereocenters. The van der Waals surface area contributed by atoms with Gasteiger partial charge in [-0.05, 0) is 74.6 Å². The number of rotatable bonds is 5. The van der Waals surface area contributed by atoms with Crippen molar-refractivity contribution in [1.29, 1.82) is 4.78 Å². The van der Waals surface area contributed by atoms with Gasteiger partial charge in [-0.2, -0.15) is 5.10 Å². The van der Waals surface area contributed by atoms with Crippen LogP contribution in [0.1, 0.15) is 65.5 Å². The number of nitrogens with zero attached hydrogens (tertiary/aromatic N) is 2. The molecule has 0 bridgehead atoms. The lowest BCUT2D eigenvalue weighted by atomic mass is 9.99. The maximum atomic E-state index is 12.9. The summed E-state index contributed by atoms with van der Waals surface area (Å²) in [6, 6.07) is 2.27. The van der Waals surface area contributed by atoms with Crippen LogP contribution in [-0.4, -0.2) is 31.1 Å². The van der Waals surface area contributed by atoms with Crippen LogP contribution in [0, 0.1) is 4.78 Å². The monoisotopic (exact) mass is 431 g/mol. The van der Waals surface area contributed by atoms with Gasteiger partial charge in [-0.15, -0.1) is 0 Å². The molecule has 2 aromatic rings. The number of aromatic nitrogens is 2. The number of nitrogens with one attached hydrogen (secondary N) is 3. The quantitative estimate of drug-likeness (QED) is 0.576. The highest BCUT2D eigenvalue weighted by Gasteiger charge is 2.27. The lowest BCUT2D eigenvalue weighted by Gasteiger charge is -2.17. The minimum atomic E-state index is -3.83. The number of fused-ring (bicyclic) bond motifs is 2. The topological polar surface area (TPSA) is 137 Å². The van der Waals surface area contributed by atoms with Gasteiger partial charge in [-0.3, -0.25) is 4.68 Å². The second kappa shape index (κ2) is 7.42. The van der Waals surface area contributed by atoms with E-state index in [0.717, 1.165) is 61.4 Å². The van der Waals surface area contributed by atoms with Crippen molar-refractivity contribution in [3.05, 3.63) is 40.1 Å². The van der Waals surface area contributed by atoms with Crippen molar-refractivity contribution in [3.63, 3.8) is 0 Å². The van der Waals surface area contributed by atoms with Crippen molar-refractivity contribution in [2.45, 2.75) is 63.4 Å². The van der Waals surface area contributed by atoms with Gasteiger partial charge in [0.25, 0.3) is 0 Å². The number of aryl methyl sites for hydroxylation is 2. The van der Waals surface area contributed by atoms with E-state index < -0.39 is 21.9 Å². The Labute approximate surface area is 175 Å². The number of hydrogen-bond acceptors (Lipinski definition) is 5. The Morgan fingerprint density at radius 1 is 1.13 bits per heavy atom. The number of carboxylic acid groups (broad SMARTS) is 1. The Morgan fingerprint density at radius 3 is 2.23 bits per heavy atom. The third-order valence-corrected chi connectivity index (χ3v) is 6.93. The van der Waals surface area contributed by atoms with Gasteiger partial charge >= 0.3 is 12.0 Å². The highest BCUT2D eigenvalue weighted by molar-refractivity contribution is 7.91. The molecule has 0 saturated carbocycles. The summed E-state index contributed by atoms with van der Waals surface area (Å²) < 4.78 is 24.4. The van der Waals surface area contributed by atoms with E-state index in [2.05, 4.69) is 21.2 Å². The van der Waals surface area contributed by atoms with Crippen molar-refractivity contribution >= 4 is 27.6 Å². The van der Waals surface area contributed by atoms with Crippen LogP contribution in [0.25, 0.3) is 0 Å². The molecular weight excluding hydrogens is 406 g/mol. The summed E-state index contributed by atoms with van der Waals surface area (Å²) >= 11 is 0. The SMILES string of the molecule is CC(C)n1nc(S(=N)(=O)NC(=O)Nc2c3c(cc4c2CCC4)CCC3)cc1C(=O)O. The van der Waals surface area contributed by atoms with Gasteiger partial charge in [0, 0.05) is 17.8 Å². The van der Waals surface area contributed by atoms with Crippen LogP contribution in [0.5, 0.6) is 0 Å². The summed E-state index contributed by atoms with van der Waals surface area (Å²) in [5.74, 6) is -1.24. The first-order valence-corrected chi connectivity index (χ1v) is 11.6. The number of carboxylic acids is 1. The number of benzene rings is 1. The number of aromatic carboxylic acids is 1. The first kappa shape index (κ1) is 20.4. The number of carbonyl (C=O) groups excluding carboxylic acids is 1. The summed E-state index contributed by atoms with van der Waals surface area (Å²) in [4.78, 5) is 24.1. The standard InChI is InChI=1S/C20H25N5O4S/c1-11(2)25-16(19(26)27)10-17(23-25)30(21,29)24-20(28)22-18-14-7-3-5-12(14)9-13-6-4-8-15(13)18/h9-11H,3-8H2,1-2H3,(H,26,27)(H3,21,22,24,28,29). The van der Waals surface area contributed by atoms with Crippen molar-refractivity contribution in [2.75, 3.05) is 5.32 Å². The van der Waals surface area contributed by atoms with Crippen molar-refractivity contribution in [1.82, 2.24) is 14.5 Å². The number of urea groups is 1. The molecular formula is C20H25N5O4S. The van der Waals surface area contributed by atoms with E-state index in [1.807, 2.05) is 0 Å². The van der Waals surface area contributed by atoms with E-state index >= 15 is 0 Å². The molecule has 0 spiro atoms. The average Bonchev–Trinajstić information content (AvgIpc) is 3.39. The van der Waals surface area contributed by atoms with Gasteiger partial charge in [-0.1, -0.05) is 6.07 Å². The van der Waals surface area contributed by atoms with Crippen LogP contribution in [0.4, 0.5) is 10.5 Å². The van der Waals surface area contributed by atoms with Gasteiger partial charge in [0.1, 0.15) is 5.69 Å². The average molecular weight is 432 g/mol. The zero-order valence-corrected chi connectivity index (χ0v) is 17.8. The molecule has 0 aliphatic heterocycles. The fourth-order valence-corrected chi connectivity index (χ4v) is 5.25. The third kappa shape index (κ3) is 3.55. The predicted molar refractivity (Wildman–Crippen MR) is 111 cm³/mol. The molecule has 160 valence electrons. The largest absolute Gasteiger partial charge is 0.477 e. The molecule has 4 N–H and O–H groups in total. The summed E-state index contributed by atoms with van der Waals surface area (Å²) in [5, 5.41) is 15.9. The summed E-state index contributed by atoms with van der Waals surface area (Å²) in [6.07, 6.45) is 5.81. The van der Waals surface area contributed by atoms with E-state index in [1.54, 1.807) is 13.8 Å². The van der Waals surface area contributed by atoms with Crippen LogP contribution in [0.2, 0.25) is 0 Å². The highest BCUT2D eigenvalue weighted by atomic mass is 32.2.